The first kappa shape index (κ1) is 26.1. The highest BCUT2D eigenvalue weighted by molar-refractivity contribution is 9.10. The largest absolute Gasteiger partial charge is 0.481 e. The van der Waals surface area contributed by atoms with E-state index in [9.17, 15) is 14.9 Å². The zero-order valence-corrected chi connectivity index (χ0v) is 23.2. The van der Waals surface area contributed by atoms with Gasteiger partial charge in [0.25, 0.3) is 5.56 Å². The molecule has 0 fully saturated rings. The topological polar surface area (TPSA) is 113 Å². The Balaban J connectivity index is 1.49. The monoisotopic (exact) mass is 608 g/mol. The zero-order valence-electron chi connectivity index (χ0n) is 21.7. The van der Waals surface area contributed by atoms with Crippen molar-refractivity contribution in [1.82, 2.24) is 9.66 Å². The molecule has 0 spiro atoms. The second kappa shape index (κ2) is 10.8. The van der Waals surface area contributed by atoms with Crippen molar-refractivity contribution in [2.24, 2.45) is 5.10 Å². The molecule has 6 rings (SSSR count). The van der Waals surface area contributed by atoms with E-state index in [2.05, 4.69) is 26.0 Å². The molecule has 2 aromatic heterocycles. The number of hydrogen-bond donors (Lipinski definition) is 0. The summed E-state index contributed by atoms with van der Waals surface area (Å²) in [7, 11) is 0. The number of benzene rings is 4. The molecule has 0 atom stereocenters. The third kappa shape index (κ3) is 5.24. The molecule has 10 heteroatoms. The van der Waals surface area contributed by atoms with Crippen molar-refractivity contribution in [1.29, 1.82) is 0 Å². The van der Waals surface area contributed by atoms with Gasteiger partial charge in [0, 0.05) is 21.5 Å². The van der Waals surface area contributed by atoms with Crippen LogP contribution in [0.15, 0.2) is 110 Å². The van der Waals surface area contributed by atoms with Gasteiger partial charge >= 0.3 is 5.69 Å². The second-order valence-electron chi connectivity index (χ2n) is 9.34. The molecule has 0 aliphatic carbocycles. The molecule has 0 aliphatic heterocycles. The number of aryl methyl sites for hydroxylation is 1. The molecule has 41 heavy (non-hydrogen) atoms. The van der Waals surface area contributed by atoms with Gasteiger partial charge in [-0.2, -0.15) is 9.78 Å². The van der Waals surface area contributed by atoms with E-state index < -0.39 is 10.5 Å². The Labute approximate surface area is 241 Å². The fourth-order valence-corrected chi connectivity index (χ4v) is 4.89. The lowest BCUT2D eigenvalue weighted by molar-refractivity contribution is -0.386. The molecule has 0 aliphatic rings. The van der Waals surface area contributed by atoms with E-state index in [-0.39, 0.29) is 23.9 Å². The molecule has 0 saturated heterocycles. The van der Waals surface area contributed by atoms with E-state index in [4.69, 9.17) is 9.15 Å². The Morgan fingerprint density at radius 2 is 1.80 bits per heavy atom. The van der Waals surface area contributed by atoms with Crippen LogP contribution in [-0.2, 0) is 6.61 Å². The highest BCUT2D eigenvalue weighted by atomic mass is 79.9. The van der Waals surface area contributed by atoms with Crippen LogP contribution in [0.25, 0.3) is 33.5 Å². The number of halogens is 1. The lowest BCUT2D eigenvalue weighted by Crippen LogP contribution is -2.20. The minimum Gasteiger partial charge on any atom is -0.481 e. The summed E-state index contributed by atoms with van der Waals surface area (Å²) in [5.74, 6) is 0.560. The SMILES string of the molecule is Cc1ccc(COc2c(C=Nn3c(-c4cc5ccccc5o4)nc4ccccc4c3=O)cc(Br)cc2[N+](=O)[O-])cc1. The fraction of sp³-hybridized carbons (Fsp3) is 0.0645. The van der Waals surface area contributed by atoms with E-state index >= 15 is 0 Å². The minimum absolute atomic E-state index is 0.0228. The lowest BCUT2D eigenvalue weighted by atomic mass is 10.1. The highest BCUT2D eigenvalue weighted by Gasteiger charge is 2.22. The first-order valence-corrected chi connectivity index (χ1v) is 13.4. The summed E-state index contributed by atoms with van der Waals surface area (Å²) in [5, 5.41) is 17.6. The third-order valence-corrected chi connectivity index (χ3v) is 6.93. The number of para-hydroxylation sites is 2. The number of rotatable bonds is 7. The number of fused-ring (bicyclic) bond motifs is 2. The number of nitro groups is 1. The van der Waals surface area contributed by atoms with Crippen LogP contribution >= 0.6 is 15.9 Å². The van der Waals surface area contributed by atoms with E-state index in [1.807, 2.05) is 55.5 Å². The van der Waals surface area contributed by atoms with Crippen LogP contribution < -0.4 is 10.3 Å². The molecular weight excluding hydrogens is 588 g/mol. The third-order valence-electron chi connectivity index (χ3n) is 6.48. The van der Waals surface area contributed by atoms with Gasteiger partial charge in [0.1, 0.15) is 12.2 Å². The fourth-order valence-electron chi connectivity index (χ4n) is 4.43. The molecule has 202 valence electrons. The number of ether oxygens (including phenoxy) is 1. The Morgan fingerprint density at radius 3 is 2.59 bits per heavy atom. The van der Waals surface area contributed by atoms with Gasteiger partial charge in [0.05, 0.1) is 22.0 Å². The summed E-state index contributed by atoms with van der Waals surface area (Å²) in [6, 6.07) is 26.9. The molecule has 4 aromatic carbocycles. The van der Waals surface area contributed by atoms with Gasteiger partial charge in [-0.05, 0) is 42.8 Å². The average molecular weight is 609 g/mol. The maximum Gasteiger partial charge on any atom is 0.312 e. The number of aromatic nitrogens is 2. The standard InChI is InChI=1S/C31H21BrN4O5/c1-19-10-12-20(13-11-19)18-40-29-22(14-23(32)16-26(29)36(38)39)17-33-35-30(28-15-21-6-2-5-9-27(21)41-28)34-25-8-4-3-7-24(25)31(35)37/h2-17H,18H2,1H3. The van der Waals surface area contributed by atoms with Crippen molar-refractivity contribution in [2.45, 2.75) is 13.5 Å². The van der Waals surface area contributed by atoms with Crippen molar-refractivity contribution in [2.75, 3.05) is 0 Å². The maximum absolute atomic E-state index is 13.6. The molecule has 0 amide bonds. The normalized spacial score (nSPS) is 11.5. The number of hydrogen-bond acceptors (Lipinski definition) is 7. The van der Waals surface area contributed by atoms with Gasteiger partial charge in [0.2, 0.25) is 11.6 Å². The van der Waals surface area contributed by atoms with Crippen LogP contribution in [0.3, 0.4) is 0 Å². The van der Waals surface area contributed by atoms with Gasteiger partial charge in [-0.15, -0.1) is 0 Å². The van der Waals surface area contributed by atoms with Crippen LogP contribution in [0, 0.1) is 17.0 Å². The van der Waals surface area contributed by atoms with Crippen molar-refractivity contribution in [3.8, 4) is 17.3 Å². The molecule has 9 nitrogen and oxygen atoms in total. The van der Waals surface area contributed by atoms with Gasteiger partial charge in [-0.3, -0.25) is 14.9 Å². The summed E-state index contributed by atoms with van der Waals surface area (Å²) < 4.78 is 13.6. The first-order valence-electron chi connectivity index (χ1n) is 12.6. The molecular formula is C31H21BrN4O5. The Hall–Kier alpha value is -5.09. The van der Waals surface area contributed by atoms with Crippen molar-refractivity contribution in [3.63, 3.8) is 0 Å². The minimum atomic E-state index is -0.518. The van der Waals surface area contributed by atoms with Gasteiger partial charge in [0.15, 0.2) is 5.76 Å². The molecule has 0 radical (unpaired) electrons. The quantitative estimate of drug-likeness (QED) is 0.107. The number of nitrogens with zero attached hydrogens (tertiary/aromatic N) is 4. The second-order valence-corrected chi connectivity index (χ2v) is 10.3. The summed E-state index contributed by atoms with van der Waals surface area (Å²) in [4.78, 5) is 29.8. The summed E-state index contributed by atoms with van der Waals surface area (Å²) >= 11 is 3.35. The summed E-state index contributed by atoms with van der Waals surface area (Å²) in [6.45, 7) is 2.08. The van der Waals surface area contributed by atoms with Crippen LogP contribution in [0.1, 0.15) is 16.7 Å². The van der Waals surface area contributed by atoms with Crippen molar-refractivity contribution >= 4 is 49.7 Å². The van der Waals surface area contributed by atoms with Gasteiger partial charge in [-0.25, -0.2) is 4.98 Å². The molecule has 6 aromatic rings. The smallest absolute Gasteiger partial charge is 0.312 e. The van der Waals surface area contributed by atoms with Gasteiger partial charge in [-0.1, -0.05) is 76.1 Å². The molecule has 0 bridgehead atoms. The molecule has 0 saturated carbocycles. The summed E-state index contributed by atoms with van der Waals surface area (Å²) in [5.41, 5.74) is 2.69. The Kier molecular flexibility index (Phi) is 6.90. The van der Waals surface area contributed by atoms with E-state index in [0.29, 0.717) is 32.3 Å². The molecule has 0 N–H and O–H groups in total. The number of furan rings is 1. The Bertz CT molecular complexity index is 2000. The molecule has 0 unspecified atom stereocenters. The molecule has 2 heterocycles. The predicted octanol–water partition coefficient (Wildman–Crippen LogP) is 7.25. The predicted molar refractivity (Wildman–Crippen MR) is 161 cm³/mol. The van der Waals surface area contributed by atoms with Crippen LogP contribution in [0.5, 0.6) is 5.75 Å². The maximum atomic E-state index is 13.6. The first-order chi connectivity index (χ1) is 19.9. The van der Waals surface area contributed by atoms with Crippen LogP contribution in [-0.4, -0.2) is 20.8 Å². The highest BCUT2D eigenvalue weighted by Crippen LogP contribution is 2.35. The van der Waals surface area contributed by atoms with E-state index in [0.717, 1.165) is 21.2 Å². The van der Waals surface area contributed by atoms with Crippen molar-refractivity contribution in [3.05, 3.63) is 133 Å². The van der Waals surface area contributed by atoms with Crippen LogP contribution in [0.4, 0.5) is 5.69 Å². The van der Waals surface area contributed by atoms with Crippen molar-refractivity contribution < 1.29 is 14.1 Å². The average Bonchev–Trinajstić information content (AvgIpc) is 3.41. The zero-order chi connectivity index (χ0) is 28.5. The lowest BCUT2D eigenvalue weighted by Gasteiger charge is -2.11. The Morgan fingerprint density at radius 1 is 1.05 bits per heavy atom. The van der Waals surface area contributed by atoms with E-state index in [1.54, 1.807) is 36.4 Å². The number of nitro benzene ring substituents is 1. The van der Waals surface area contributed by atoms with Gasteiger partial charge < -0.3 is 9.15 Å². The van der Waals surface area contributed by atoms with Crippen LogP contribution in [0.2, 0.25) is 0 Å². The van der Waals surface area contributed by atoms with E-state index in [1.165, 1.54) is 12.3 Å². The summed E-state index contributed by atoms with van der Waals surface area (Å²) in [6.07, 6.45) is 1.35.